The van der Waals surface area contributed by atoms with Gasteiger partial charge in [-0.3, -0.25) is 0 Å². The number of nitrogens with zero attached hydrogens (tertiary/aromatic N) is 2. The normalized spacial score (nSPS) is 12.6. The second-order valence-corrected chi connectivity index (χ2v) is 4.75. The maximum atomic E-state index is 5.80. The first-order chi connectivity index (χ1) is 8.74. The molecule has 2 rings (SSSR count). The van der Waals surface area contributed by atoms with E-state index in [1.807, 2.05) is 31.2 Å². The average Bonchev–Trinajstić information content (AvgIpc) is 2.39. The first kappa shape index (κ1) is 13.1. The van der Waals surface area contributed by atoms with Gasteiger partial charge in [0, 0.05) is 11.9 Å². The zero-order valence-electron chi connectivity index (χ0n) is 10.8. The lowest BCUT2D eigenvalue weighted by atomic mass is 10.1. The van der Waals surface area contributed by atoms with Crippen molar-refractivity contribution in [2.75, 3.05) is 11.2 Å². The molecule has 3 nitrogen and oxygen atoms in total. The minimum absolute atomic E-state index is 0.358. The molecule has 2 aromatic rings. The quantitative estimate of drug-likeness (QED) is 0.835. The zero-order valence-corrected chi connectivity index (χ0v) is 11.5. The number of hydrogen-bond donors (Lipinski definition) is 1. The molecule has 1 heterocycles. The minimum atomic E-state index is 0.358. The molecule has 0 fully saturated rings. The third-order valence-corrected chi connectivity index (χ3v) is 3.25. The number of fused-ring (bicyclic) bond motifs is 1. The summed E-state index contributed by atoms with van der Waals surface area (Å²) in [5.41, 5.74) is 2.79. The van der Waals surface area contributed by atoms with Gasteiger partial charge in [-0.05, 0) is 31.9 Å². The van der Waals surface area contributed by atoms with E-state index in [0.717, 1.165) is 35.4 Å². The fourth-order valence-electron chi connectivity index (χ4n) is 1.93. The molecule has 0 saturated heterocycles. The molecule has 1 N–H and O–H groups in total. The first-order valence-corrected chi connectivity index (χ1v) is 6.84. The molecule has 1 unspecified atom stereocenters. The predicted octanol–water partition coefficient (Wildman–Crippen LogP) is 3.76. The van der Waals surface area contributed by atoms with E-state index in [0.29, 0.717) is 11.9 Å². The molecule has 1 aromatic heterocycles. The van der Waals surface area contributed by atoms with E-state index in [1.54, 1.807) is 0 Å². The van der Waals surface area contributed by atoms with Crippen molar-refractivity contribution in [3.05, 3.63) is 30.0 Å². The highest BCUT2D eigenvalue weighted by Crippen LogP contribution is 2.18. The van der Waals surface area contributed by atoms with E-state index in [2.05, 4.69) is 22.2 Å². The van der Waals surface area contributed by atoms with Gasteiger partial charge >= 0.3 is 0 Å². The van der Waals surface area contributed by atoms with Gasteiger partial charge in [-0.25, -0.2) is 9.97 Å². The molecule has 18 heavy (non-hydrogen) atoms. The van der Waals surface area contributed by atoms with Crippen molar-refractivity contribution in [2.45, 2.75) is 32.7 Å². The molecule has 96 valence electrons. The van der Waals surface area contributed by atoms with Crippen LogP contribution in [-0.2, 0) is 0 Å². The lowest BCUT2D eigenvalue weighted by Crippen LogP contribution is -2.20. The van der Waals surface area contributed by atoms with Crippen LogP contribution >= 0.6 is 11.6 Å². The van der Waals surface area contributed by atoms with Crippen molar-refractivity contribution in [3.63, 3.8) is 0 Å². The lowest BCUT2D eigenvalue weighted by Gasteiger charge is -2.17. The van der Waals surface area contributed by atoms with Crippen molar-refractivity contribution in [1.29, 1.82) is 0 Å². The molecule has 0 saturated carbocycles. The van der Waals surface area contributed by atoms with E-state index in [-0.39, 0.29) is 0 Å². The maximum absolute atomic E-state index is 5.80. The van der Waals surface area contributed by atoms with Crippen LogP contribution in [0.5, 0.6) is 0 Å². The zero-order chi connectivity index (χ0) is 13.0. The molecule has 0 aliphatic heterocycles. The van der Waals surface area contributed by atoms with Gasteiger partial charge in [-0.15, -0.1) is 11.6 Å². The van der Waals surface area contributed by atoms with E-state index in [4.69, 9.17) is 11.6 Å². The van der Waals surface area contributed by atoms with Crippen molar-refractivity contribution in [3.8, 4) is 0 Å². The van der Waals surface area contributed by atoms with E-state index in [9.17, 15) is 0 Å². The van der Waals surface area contributed by atoms with Crippen LogP contribution in [0.4, 0.5) is 5.82 Å². The highest BCUT2D eigenvalue weighted by atomic mass is 35.5. The number of halogens is 1. The summed E-state index contributed by atoms with van der Waals surface area (Å²) in [7, 11) is 0. The Morgan fingerprint density at radius 2 is 1.89 bits per heavy atom. The molecule has 1 atom stereocenters. The number of rotatable bonds is 5. The van der Waals surface area contributed by atoms with Crippen LogP contribution < -0.4 is 5.32 Å². The van der Waals surface area contributed by atoms with Gasteiger partial charge < -0.3 is 5.32 Å². The second kappa shape index (κ2) is 6.01. The fraction of sp³-hybridized carbons (Fsp3) is 0.429. The topological polar surface area (TPSA) is 37.8 Å². The van der Waals surface area contributed by atoms with Crippen LogP contribution in [0.25, 0.3) is 11.0 Å². The SMILES string of the molecule is CCC(CCCl)Nc1nc2ccccc2nc1C. The molecule has 0 aliphatic carbocycles. The summed E-state index contributed by atoms with van der Waals surface area (Å²) in [6.45, 7) is 4.13. The van der Waals surface area contributed by atoms with E-state index < -0.39 is 0 Å². The lowest BCUT2D eigenvalue weighted by molar-refractivity contribution is 0.671. The van der Waals surface area contributed by atoms with Crippen LogP contribution in [0.15, 0.2) is 24.3 Å². The number of benzene rings is 1. The number of aromatic nitrogens is 2. The van der Waals surface area contributed by atoms with E-state index in [1.165, 1.54) is 0 Å². The van der Waals surface area contributed by atoms with Crippen LogP contribution in [-0.4, -0.2) is 21.9 Å². The molecule has 0 bridgehead atoms. The van der Waals surface area contributed by atoms with Gasteiger partial charge in [-0.2, -0.15) is 0 Å². The Kier molecular flexibility index (Phi) is 4.37. The highest BCUT2D eigenvalue weighted by Gasteiger charge is 2.10. The Morgan fingerprint density at radius 1 is 1.22 bits per heavy atom. The summed E-state index contributed by atoms with van der Waals surface area (Å²) in [6, 6.07) is 8.28. The van der Waals surface area contributed by atoms with Crippen LogP contribution in [0.2, 0.25) is 0 Å². The number of aryl methyl sites for hydroxylation is 1. The average molecular weight is 264 g/mol. The Hall–Kier alpha value is -1.35. The summed E-state index contributed by atoms with van der Waals surface area (Å²) in [5.74, 6) is 1.52. The second-order valence-electron chi connectivity index (χ2n) is 4.37. The highest BCUT2D eigenvalue weighted by molar-refractivity contribution is 6.17. The summed E-state index contributed by atoms with van der Waals surface area (Å²) < 4.78 is 0. The van der Waals surface area contributed by atoms with Gasteiger partial charge in [0.2, 0.25) is 0 Å². The van der Waals surface area contributed by atoms with Gasteiger partial charge in [0.15, 0.2) is 0 Å². The molecule has 0 aliphatic rings. The summed E-state index contributed by atoms with van der Waals surface area (Å²) in [5, 5.41) is 3.43. The summed E-state index contributed by atoms with van der Waals surface area (Å²) in [4.78, 5) is 9.19. The van der Waals surface area contributed by atoms with Gasteiger partial charge in [0.25, 0.3) is 0 Å². The van der Waals surface area contributed by atoms with Gasteiger partial charge in [-0.1, -0.05) is 19.1 Å². The predicted molar refractivity (Wildman–Crippen MR) is 77.3 cm³/mol. The van der Waals surface area contributed by atoms with Crippen molar-refractivity contribution in [1.82, 2.24) is 9.97 Å². The fourth-order valence-corrected chi connectivity index (χ4v) is 2.19. The molecular formula is C14H18ClN3. The van der Waals surface area contributed by atoms with Crippen molar-refractivity contribution in [2.24, 2.45) is 0 Å². The summed E-state index contributed by atoms with van der Waals surface area (Å²) >= 11 is 5.80. The summed E-state index contributed by atoms with van der Waals surface area (Å²) in [6.07, 6.45) is 1.96. The Labute approximate surface area is 113 Å². The largest absolute Gasteiger partial charge is 0.366 e. The molecule has 1 aromatic carbocycles. The van der Waals surface area contributed by atoms with Crippen LogP contribution in [0.3, 0.4) is 0 Å². The third kappa shape index (κ3) is 2.91. The number of para-hydroxylation sites is 2. The van der Waals surface area contributed by atoms with Crippen LogP contribution in [0, 0.1) is 6.92 Å². The minimum Gasteiger partial charge on any atom is -0.366 e. The van der Waals surface area contributed by atoms with Crippen LogP contribution in [0.1, 0.15) is 25.5 Å². The maximum Gasteiger partial charge on any atom is 0.148 e. The van der Waals surface area contributed by atoms with Gasteiger partial charge in [0.05, 0.1) is 16.7 Å². The van der Waals surface area contributed by atoms with Crippen molar-refractivity contribution >= 4 is 28.5 Å². The monoisotopic (exact) mass is 263 g/mol. The standard InChI is InChI=1S/C14H18ClN3/c1-3-11(8-9-15)17-14-10(2)16-12-6-4-5-7-13(12)18-14/h4-7,11H,3,8-9H2,1-2H3,(H,17,18). The smallest absolute Gasteiger partial charge is 0.148 e. The molecular weight excluding hydrogens is 246 g/mol. The number of anilines is 1. The molecule has 0 spiro atoms. The Morgan fingerprint density at radius 3 is 2.50 bits per heavy atom. The number of nitrogens with one attached hydrogen (secondary N) is 1. The Balaban J connectivity index is 2.29. The molecule has 0 amide bonds. The number of alkyl halides is 1. The first-order valence-electron chi connectivity index (χ1n) is 6.30. The van der Waals surface area contributed by atoms with Gasteiger partial charge in [0.1, 0.15) is 5.82 Å². The van der Waals surface area contributed by atoms with Crippen molar-refractivity contribution < 1.29 is 0 Å². The Bertz CT molecular complexity index is 527. The third-order valence-electron chi connectivity index (χ3n) is 3.04. The number of hydrogen-bond acceptors (Lipinski definition) is 3. The molecule has 4 heteroatoms. The molecule has 0 radical (unpaired) electrons. The van der Waals surface area contributed by atoms with E-state index >= 15 is 0 Å².